The molecule has 0 amide bonds. The first-order valence-corrected chi connectivity index (χ1v) is 9.54. The molecule has 3 nitrogen and oxygen atoms in total. The Morgan fingerprint density at radius 2 is 1.57 bits per heavy atom. The second kappa shape index (κ2) is 8.03. The van der Waals surface area contributed by atoms with Gasteiger partial charge in [0.2, 0.25) is 0 Å². The highest BCUT2D eigenvalue weighted by molar-refractivity contribution is 5.75. The third-order valence-electron chi connectivity index (χ3n) is 5.08. The summed E-state index contributed by atoms with van der Waals surface area (Å²) < 4.78 is 34.1. The molecule has 5 heteroatoms. The van der Waals surface area contributed by atoms with E-state index in [4.69, 9.17) is 4.74 Å². The number of ether oxygens (including phenoxy) is 1. The Labute approximate surface area is 174 Å². The van der Waals surface area contributed by atoms with E-state index >= 15 is 0 Å². The Balaban J connectivity index is 1.82. The summed E-state index contributed by atoms with van der Waals surface area (Å²) in [7, 11) is 0. The monoisotopic (exact) mass is 402 g/mol. The molecule has 150 valence electrons. The molecule has 0 spiro atoms. The van der Waals surface area contributed by atoms with Gasteiger partial charge in [0, 0.05) is 35.2 Å². The highest BCUT2D eigenvalue weighted by Crippen LogP contribution is 2.36. The van der Waals surface area contributed by atoms with E-state index in [-0.39, 0.29) is 11.3 Å². The van der Waals surface area contributed by atoms with Crippen LogP contribution in [0.5, 0.6) is 11.5 Å². The molecular weight excluding hydrogens is 382 g/mol. The molecule has 0 bridgehead atoms. The molecule has 0 saturated carbocycles. The molecule has 0 saturated heterocycles. The molecule has 0 unspecified atom stereocenters. The number of pyridine rings is 2. The summed E-state index contributed by atoms with van der Waals surface area (Å²) in [4.78, 5) is 8.68. The summed E-state index contributed by atoms with van der Waals surface area (Å²) in [5, 5.41) is 0. The lowest BCUT2D eigenvalue weighted by atomic mass is 10.0. The number of benzene rings is 2. The molecule has 0 aliphatic rings. The fraction of sp³-hybridized carbons (Fsp3) is 0.120. The Bertz CT molecular complexity index is 1220. The molecule has 0 aliphatic heterocycles. The van der Waals surface area contributed by atoms with Crippen molar-refractivity contribution in [2.24, 2.45) is 0 Å². The lowest BCUT2D eigenvalue weighted by Crippen LogP contribution is -1.96. The van der Waals surface area contributed by atoms with E-state index in [1.54, 1.807) is 18.5 Å². The maximum absolute atomic E-state index is 14.4. The molecule has 4 rings (SSSR count). The molecule has 2 aromatic heterocycles. The number of aromatic nitrogens is 2. The van der Waals surface area contributed by atoms with E-state index < -0.39 is 11.6 Å². The van der Waals surface area contributed by atoms with Crippen molar-refractivity contribution in [2.45, 2.75) is 20.8 Å². The van der Waals surface area contributed by atoms with E-state index in [1.807, 2.05) is 31.2 Å². The van der Waals surface area contributed by atoms with Crippen molar-refractivity contribution < 1.29 is 13.5 Å². The van der Waals surface area contributed by atoms with Gasteiger partial charge in [-0.15, -0.1) is 0 Å². The van der Waals surface area contributed by atoms with E-state index in [0.717, 1.165) is 34.5 Å². The van der Waals surface area contributed by atoms with E-state index in [0.29, 0.717) is 11.3 Å². The predicted molar refractivity (Wildman–Crippen MR) is 114 cm³/mol. The van der Waals surface area contributed by atoms with E-state index in [1.165, 1.54) is 18.7 Å². The summed E-state index contributed by atoms with van der Waals surface area (Å²) in [6.07, 6.45) is 4.90. The molecule has 4 aromatic rings. The molecular formula is C25H20F2N2O. The Hall–Kier alpha value is -3.60. The quantitative estimate of drug-likeness (QED) is 0.376. The van der Waals surface area contributed by atoms with Crippen LogP contribution in [0.3, 0.4) is 0 Å². The normalized spacial score (nSPS) is 10.8. The predicted octanol–water partition coefficient (Wildman–Crippen LogP) is 6.81. The molecule has 0 aliphatic carbocycles. The van der Waals surface area contributed by atoms with Crippen molar-refractivity contribution >= 4 is 0 Å². The highest BCUT2D eigenvalue weighted by atomic mass is 19.1. The van der Waals surface area contributed by atoms with E-state index in [9.17, 15) is 8.78 Å². The first kappa shape index (κ1) is 19.7. The lowest BCUT2D eigenvalue weighted by Gasteiger charge is -2.14. The average Bonchev–Trinajstić information content (AvgIpc) is 2.75. The molecule has 0 N–H and O–H groups in total. The Kier molecular flexibility index (Phi) is 5.27. The summed E-state index contributed by atoms with van der Waals surface area (Å²) in [6, 6.07) is 13.9. The van der Waals surface area contributed by atoms with Gasteiger partial charge in [0.25, 0.3) is 0 Å². The van der Waals surface area contributed by atoms with Crippen molar-refractivity contribution in [1.29, 1.82) is 0 Å². The van der Waals surface area contributed by atoms with Gasteiger partial charge < -0.3 is 4.74 Å². The van der Waals surface area contributed by atoms with Crippen molar-refractivity contribution in [3.63, 3.8) is 0 Å². The van der Waals surface area contributed by atoms with Crippen molar-refractivity contribution in [3.8, 4) is 33.9 Å². The number of nitrogens with zero attached hydrogens (tertiary/aromatic N) is 2. The van der Waals surface area contributed by atoms with Crippen LogP contribution >= 0.6 is 0 Å². The van der Waals surface area contributed by atoms with Crippen LogP contribution in [0.2, 0.25) is 0 Å². The highest BCUT2D eigenvalue weighted by Gasteiger charge is 2.15. The maximum Gasteiger partial charge on any atom is 0.166 e. The van der Waals surface area contributed by atoms with Gasteiger partial charge in [-0.1, -0.05) is 18.2 Å². The number of hydrogen-bond donors (Lipinski definition) is 0. The maximum atomic E-state index is 14.4. The molecule has 0 atom stereocenters. The number of aryl methyl sites for hydroxylation is 3. The lowest BCUT2D eigenvalue weighted by molar-refractivity contribution is 0.435. The van der Waals surface area contributed by atoms with Crippen molar-refractivity contribution in [3.05, 3.63) is 95.4 Å². The standard InChI is InChI=1S/C25H20F2N2O/c1-15-6-7-18(9-16(15)2)23-11-20(19-5-4-8-28-13-19)25(14-29-23)30-24-12-21(26)17(3)10-22(24)27/h4-14H,1-3H3. The third kappa shape index (κ3) is 3.92. The van der Waals surface area contributed by atoms with Crippen LogP contribution < -0.4 is 4.74 Å². The summed E-state index contributed by atoms with van der Waals surface area (Å²) in [6.45, 7) is 5.61. The van der Waals surface area contributed by atoms with Crippen LogP contribution in [0.1, 0.15) is 16.7 Å². The van der Waals surface area contributed by atoms with Gasteiger partial charge in [-0.05, 0) is 61.7 Å². The summed E-state index contributed by atoms with van der Waals surface area (Å²) in [5.74, 6) is -1.04. The number of hydrogen-bond acceptors (Lipinski definition) is 3. The first-order chi connectivity index (χ1) is 14.4. The zero-order valence-corrected chi connectivity index (χ0v) is 16.9. The van der Waals surface area contributed by atoms with Crippen LogP contribution in [0, 0.1) is 32.4 Å². The average molecular weight is 402 g/mol. The van der Waals surface area contributed by atoms with Gasteiger partial charge in [-0.3, -0.25) is 9.97 Å². The first-order valence-electron chi connectivity index (χ1n) is 9.54. The topological polar surface area (TPSA) is 35.0 Å². The SMILES string of the molecule is Cc1ccc(-c2cc(-c3cccnc3)c(Oc3cc(F)c(C)cc3F)cn2)cc1C. The summed E-state index contributed by atoms with van der Waals surface area (Å²) in [5.41, 5.74) is 5.76. The molecule has 0 fully saturated rings. The fourth-order valence-electron chi connectivity index (χ4n) is 3.16. The van der Waals surface area contributed by atoms with Gasteiger partial charge in [0.1, 0.15) is 5.82 Å². The Morgan fingerprint density at radius 3 is 2.30 bits per heavy atom. The van der Waals surface area contributed by atoms with Gasteiger partial charge >= 0.3 is 0 Å². The third-order valence-corrected chi connectivity index (χ3v) is 5.08. The van der Waals surface area contributed by atoms with Gasteiger partial charge in [0.15, 0.2) is 17.3 Å². The van der Waals surface area contributed by atoms with Crippen LogP contribution in [0.25, 0.3) is 22.4 Å². The zero-order chi connectivity index (χ0) is 21.3. The zero-order valence-electron chi connectivity index (χ0n) is 16.9. The Morgan fingerprint density at radius 1 is 0.733 bits per heavy atom. The minimum absolute atomic E-state index is 0.191. The van der Waals surface area contributed by atoms with Crippen LogP contribution in [-0.2, 0) is 0 Å². The van der Waals surface area contributed by atoms with Crippen LogP contribution in [-0.4, -0.2) is 9.97 Å². The van der Waals surface area contributed by atoms with Gasteiger partial charge in [-0.25, -0.2) is 8.78 Å². The van der Waals surface area contributed by atoms with Crippen LogP contribution in [0.4, 0.5) is 8.78 Å². The van der Waals surface area contributed by atoms with E-state index in [2.05, 4.69) is 23.0 Å². The minimum Gasteiger partial charge on any atom is -0.452 e. The molecule has 2 aromatic carbocycles. The van der Waals surface area contributed by atoms with Gasteiger partial charge in [-0.2, -0.15) is 0 Å². The largest absolute Gasteiger partial charge is 0.452 e. The number of halogens is 2. The second-order valence-corrected chi connectivity index (χ2v) is 7.24. The molecule has 0 radical (unpaired) electrons. The van der Waals surface area contributed by atoms with Crippen molar-refractivity contribution in [2.75, 3.05) is 0 Å². The fourth-order valence-corrected chi connectivity index (χ4v) is 3.16. The summed E-state index contributed by atoms with van der Waals surface area (Å²) >= 11 is 0. The molecule has 2 heterocycles. The van der Waals surface area contributed by atoms with Crippen molar-refractivity contribution in [1.82, 2.24) is 9.97 Å². The smallest absolute Gasteiger partial charge is 0.166 e. The number of rotatable bonds is 4. The van der Waals surface area contributed by atoms with Gasteiger partial charge in [0.05, 0.1) is 11.9 Å². The molecule has 30 heavy (non-hydrogen) atoms. The minimum atomic E-state index is -0.635. The van der Waals surface area contributed by atoms with Crippen LogP contribution in [0.15, 0.2) is 67.1 Å². The second-order valence-electron chi connectivity index (χ2n) is 7.24.